The SMILES string of the molecule is O=[N+]([O-])C[C@@H]([C]1[CH][CH][CH][CH]1)P(=O)(O)O. The molecule has 0 aromatic rings. The average molecular weight is 218 g/mol. The van der Waals surface area contributed by atoms with Gasteiger partial charge < -0.3 is 9.79 Å². The Morgan fingerprint density at radius 3 is 2.29 bits per heavy atom. The molecule has 1 saturated carbocycles. The molecule has 7 heteroatoms. The maximum Gasteiger partial charge on any atom is 0.335 e. The van der Waals surface area contributed by atoms with E-state index in [1.165, 1.54) is 12.8 Å². The zero-order valence-electron chi connectivity index (χ0n) is 7.11. The first-order chi connectivity index (χ1) is 6.41. The monoisotopic (exact) mass is 218 g/mol. The molecule has 1 aliphatic rings. The lowest BCUT2D eigenvalue weighted by molar-refractivity contribution is -0.478. The van der Waals surface area contributed by atoms with Crippen LogP contribution in [-0.4, -0.2) is 26.9 Å². The zero-order valence-corrected chi connectivity index (χ0v) is 8.00. The Kier molecular flexibility index (Phi) is 3.64. The second kappa shape index (κ2) is 4.38. The van der Waals surface area contributed by atoms with Crippen LogP contribution in [0.4, 0.5) is 0 Å². The second-order valence-corrected chi connectivity index (χ2v) is 4.64. The molecule has 0 unspecified atom stereocenters. The fourth-order valence-electron chi connectivity index (χ4n) is 1.16. The Hall–Kier alpha value is -0.450. The van der Waals surface area contributed by atoms with E-state index < -0.39 is 24.7 Å². The van der Waals surface area contributed by atoms with Crippen molar-refractivity contribution >= 4 is 7.60 Å². The van der Waals surface area contributed by atoms with Crippen LogP contribution in [0.2, 0.25) is 0 Å². The third kappa shape index (κ3) is 3.04. The van der Waals surface area contributed by atoms with Gasteiger partial charge in [0.05, 0.1) is 0 Å². The topological polar surface area (TPSA) is 101 Å². The Labute approximate surface area is 81.6 Å². The third-order valence-corrected chi connectivity index (χ3v) is 3.07. The van der Waals surface area contributed by atoms with E-state index in [1.54, 1.807) is 12.8 Å². The fourth-order valence-corrected chi connectivity index (χ4v) is 2.06. The molecule has 0 amide bonds. The Morgan fingerprint density at radius 2 is 1.93 bits per heavy atom. The molecule has 14 heavy (non-hydrogen) atoms. The van der Waals surface area contributed by atoms with Crippen molar-refractivity contribution in [2.75, 3.05) is 6.54 Å². The number of nitro groups is 1. The van der Waals surface area contributed by atoms with Gasteiger partial charge in [0.2, 0.25) is 6.54 Å². The lowest BCUT2D eigenvalue weighted by Gasteiger charge is -2.19. The molecular weight excluding hydrogens is 209 g/mol. The molecule has 0 aromatic heterocycles. The first kappa shape index (κ1) is 11.6. The summed E-state index contributed by atoms with van der Waals surface area (Å²) in [5, 5.41) is 10.2. The lowest BCUT2D eigenvalue weighted by Crippen LogP contribution is -2.26. The Morgan fingerprint density at radius 1 is 1.43 bits per heavy atom. The maximum atomic E-state index is 11.0. The van der Waals surface area contributed by atoms with Gasteiger partial charge in [-0.25, -0.2) is 0 Å². The van der Waals surface area contributed by atoms with E-state index in [0.29, 0.717) is 5.92 Å². The van der Waals surface area contributed by atoms with Crippen molar-refractivity contribution < 1.29 is 19.3 Å². The molecule has 0 aliphatic heterocycles. The molecule has 1 atom stereocenters. The van der Waals surface area contributed by atoms with Gasteiger partial charge in [0.1, 0.15) is 5.66 Å². The molecule has 5 radical (unpaired) electrons. The van der Waals surface area contributed by atoms with Crippen molar-refractivity contribution in [1.29, 1.82) is 0 Å². The van der Waals surface area contributed by atoms with Crippen LogP contribution >= 0.6 is 7.60 Å². The minimum absolute atomic E-state index is 0.301. The summed E-state index contributed by atoms with van der Waals surface area (Å²) in [6.07, 6.45) is 6.09. The molecule has 0 spiro atoms. The summed E-state index contributed by atoms with van der Waals surface area (Å²) in [4.78, 5) is 27.3. The van der Waals surface area contributed by atoms with Gasteiger partial charge in [-0.15, -0.1) is 0 Å². The number of hydrogen-bond donors (Lipinski definition) is 2. The van der Waals surface area contributed by atoms with Crippen LogP contribution in [0.3, 0.4) is 0 Å². The molecule has 1 rings (SSSR count). The molecule has 2 N–H and O–H groups in total. The first-order valence-electron chi connectivity index (χ1n) is 3.80. The summed E-state index contributed by atoms with van der Waals surface area (Å²) in [5.74, 6) is 0.301. The summed E-state index contributed by atoms with van der Waals surface area (Å²) in [6, 6.07) is 0. The van der Waals surface area contributed by atoms with Crippen LogP contribution in [0.25, 0.3) is 0 Å². The van der Waals surface area contributed by atoms with E-state index >= 15 is 0 Å². The number of nitrogens with zero attached hydrogens (tertiary/aromatic N) is 1. The van der Waals surface area contributed by atoms with Crippen LogP contribution in [0.5, 0.6) is 0 Å². The predicted octanol–water partition coefficient (Wildman–Crippen LogP) is 0.215. The molecule has 77 valence electrons. The van der Waals surface area contributed by atoms with Gasteiger partial charge in [-0.3, -0.25) is 14.7 Å². The molecule has 0 heterocycles. The summed E-state index contributed by atoms with van der Waals surface area (Å²) >= 11 is 0. The quantitative estimate of drug-likeness (QED) is 0.399. The van der Waals surface area contributed by atoms with E-state index in [4.69, 9.17) is 9.79 Å². The van der Waals surface area contributed by atoms with Crippen molar-refractivity contribution in [3.63, 3.8) is 0 Å². The largest absolute Gasteiger partial charge is 0.335 e. The van der Waals surface area contributed by atoms with Crippen molar-refractivity contribution in [3.05, 3.63) is 41.7 Å². The summed E-state index contributed by atoms with van der Waals surface area (Å²) in [5.41, 5.74) is -1.34. The maximum absolute atomic E-state index is 11.0. The minimum atomic E-state index is -4.46. The predicted molar refractivity (Wildman–Crippen MR) is 48.1 cm³/mol. The molecule has 0 aromatic carbocycles. The minimum Gasteiger partial charge on any atom is -0.324 e. The summed E-state index contributed by atoms with van der Waals surface area (Å²) in [6.45, 7) is -0.756. The smallest absolute Gasteiger partial charge is 0.324 e. The molecule has 0 saturated heterocycles. The standard InChI is InChI=1S/C7H9NO5P/c9-8(10)5-7(14(11,12)13)6-3-1-2-4-6/h1-4,7H,5H2,(H2,11,12,13)/t7-/m0/s1. The fraction of sp³-hybridized carbons (Fsp3) is 0.286. The summed E-state index contributed by atoms with van der Waals surface area (Å²) in [7, 11) is -4.46. The van der Waals surface area contributed by atoms with Crippen LogP contribution < -0.4 is 0 Å². The first-order valence-corrected chi connectivity index (χ1v) is 5.48. The highest BCUT2D eigenvalue weighted by Gasteiger charge is 2.41. The van der Waals surface area contributed by atoms with E-state index in [-0.39, 0.29) is 0 Å². The average Bonchev–Trinajstić information content (AvgIpc) is 2.49. The van der Waals surface area contributed by atoms with Crippen LogP contribution in [-0.2, 0) is 4.57 Å². The van der Waals surface area contributed by atoms with Gasteiger partial charge >= 0.3 is 7.60 Å². The van der Waals surface area contributed by atoms with Crippen LogP contribution in [0, 0.1) is 41.7 Å². The second-order valence-electron chi connectivity index (χ2n) is 2.84. The molecular formula is C7H9NO5P. The van der Waals surface area contributed by atoms with E-state index in [2.05, 4.69) is 0 Å². The van der Waals surface area contributed by atoms with Gasteiger partial charge in [0, 0.05) is 10.8 Å². The van der Waals surface area contributed by atoms with Crippen molar-refractivity contribution in [1.82, 2.24) is 0 Å². The third-order valence-electron chi connectivity index (χ3n) is 1.80. The van der Waals surface area contributed by atoms with Gasteiger partial charge in [0.15, 0.2) is 0 Å². The molecule has 1 fully saturated rings. The highest BCUT2D eigenvalue weighted by Crippen LogP contribution is 2.49. The van der Waals surface area contributed by atoms with E-state index in [9.17, 15) is 14.7 Å². The molecule has 6 nitrogen and oxygen atoms in total. The van der Waals surface area contributed by atoms with E-state index in [0.717, 1.165) is 0 Å². The number of hydrogen-bond acceptors (Lipinski definition) is 3. The Bertz CT molecular complexity index is 257. The van der Waals surface area contributed by atoms with Gasteiger partial charge in [-0.2, -0.15) is 0 Å². The number of rotatable bonds is 4. The van der Waals surface area contributed by atoms with E-state index in [1.807, 2.05) is 0 Å². The lowest BCUT2D eigenvalue weighted by atomic mass is 10.0. The van der Waals surface area contributed by atoms with Gasteiger partial charge in [-0.1, -0.05) is 0 Å². The molecule has 0 bridgehead atoms. The highest BCUT2D eigenvalue weighted by molar-refractivity contribution is 7.52. The Balaban J connectivity index is 2.70. The summed E-state index contributed by atoms with van der Waals surface area (Å²) < 4.78 is 11.0. The van der Waals surface area contributed by atoms with Crippen molar-refractivity contribution in [3.8, 4) is 0 Å². The van der Waals surface area contributed by atoms with Gasteiger partial charge in [0.25, 0.3) is 0 Å². The zero-order chi connectivity index (χ0) is 10.8. The molecule has 1 aliphatic carbocycles. The van der Waals surface area contributed by atoms with Crippen LogP contribution in [0.1, 0.15) is 0 Å². The van der Waals surface area contributed by atoms with Crippen LogP contribution in [0.15, 0.2) is 0 Å². The van der Waals surface area contributed by atoms with Crippen molar-refractivity contribution in [2.24, 2.45) is 0 Å². The highest BCUT2D eigenvalue weighted by atomic mass is 31.2. The van der Waals surface area contributed by atoms with Gasteiger partial charge in [-0.05, 0) is 25.7 Å². The van der Waals surface area contributed by atoms with Crippen molar-refractivity contribution in [2.45, 2.75) is 5.66 Å². The normalized spacial score (nSPS) is 21.0.